The van der Waals surface area contributed by atoms with Crippen LogP contribution in [0.4, 0.5) is 0 Å². The number of fused-ring (bicyclic) bond motifs is 11. The highest BCUT2D eigenvalue weighted by atomic mass is 32.2. The van der Waals surface area contributed by atoms with Crippen molar-refractivity contribution in [2.75, 3.05) is 14.2 Å². The minimum atomic E-state index is -0.955. The molecule has 1 fully saturated rings. The van der Waals surface area contributed by atoms with Gasteiger partial charge in [0.05, 0.1) is 19.1 Å². The number of hydrogen-bond acceptors (Lipinski definition) is 5. The number of ether oxygens (including phenoxy) is 4. The van der Waals surface area contributed by atoms with E-state index in [-0.39, 0.29) is 16.2 Å². The number of hydrogen-bond donors (Lipinski definition) is 0. The maximum absolute atomic E-state index is 7.86. The van der Waals surface area contributed by atoms with Crippen molar-refractivity contribution in [1.29, 1.82) is 0 Å². The van der Waals surface area contributed by atoms with Gasteiger partial charge in [-0.1, -0.05) is 155 Å². The van der Waals surface area contributed by atoms with Crippen molar-refractivity contribution in [2.24, 2.45) is 10.8 Å². The van der Waals surface area contributed by atoms with Gasteiger partial charge in [-0.25, -0.2) is 0 Å². The van der Waals surface area contributed by atoms with Crippen LogP contribution >= 0.6 is 11.8 Å². The molecule has 7 aromatic carbocycles. The van der Waals surface area contributed by atoms with Crippen molar-refractivity contribution in [3.05, 3.63) is 191 Å². The Bertz CT molecular complexity index is 2770. The Morgan fingerprint density at radius 3 is 1.69 bits per heavy atom. The summed E-state index contributed by atoms with van der Waals surface area (Å²) in [6.45, 7) is 9.90. The molecule has 4 nitrogen and oxygen atoms in total. The summed E-state index contributed by atoms with van der Waals surface area (Å²) in [5.74, 6) is 3.32. The fourth-order valence-corrected chi connectivity index (χ4v) is 13.4. The molecule has 1 spiro atoms. The normalized spacial score (nSPS) is 18.9. The van der Waals surface area contributed by atoms with Crippen LogP contribution in [0.2, 0.25) is 0 Å². The summed E-state index contributed by atoms with van der Waals surface area (Å²) in [4.78, 5) is 0.353. The van der Waals surface area contributed by atoms with Gasteiger partial charge in [-0.05, 0) is 100 Å². The van der Waals surface area contributed by atoms with Crippen LogP contribution in [0, 0.1) is 10.8 Å². The van der Waals surface area contributed by atoms with E-state index in [2.05, 4.69) is 161 Å². The van der Waals surface area contributed by atoms with Gasteiger partial charge in [0.2, 0.25) is 4.93 Å². The highest BCUT2D eigenvalue weighted by Gasteiger charge is 2.56. The molecule has 304 valence electrons. The van der Waals surface area contributed by atoms with Gasteiger partial charge in [-0.2, -0.15) is 0 Å². The Hall–Kier alpha value is -5.91. The molecule has 2 heterocycles. The summed E-state index contributed by atoms with van der Waals surface area (Å²) in [7, 11) is 3.41. The second-order valence-corrected chi connectivity index (χ2v) is 20.2. The van der Waals surface area contributed by atoms with E-state index in [1.807, 2.05) is 24.3 Å². The van der Waals surface area contributed by atoms with Crippen LogP contribution in [0.3, 0.4) is 0 Å². The van der Waals surface area contributed by atoms with E-state index in [1.165, 1.54) is 34.1 Å². The Kier molecular flexibility index (Phi) is 8.45. The third-order valence-electron chi connectivity index (χ3n) is 13.7. The van der Waals surface area contributed by atoms with Crippen molar-refractivity contribution in [2.45, 2.75) is 67.8 Å². The van der Waals surface area contributed by atoms with Crippen LogP contribution in [-0.2, 0) is 15.9 Å². The molecular formula is C56H50O4S. The molecule has 5 heteroatoms. The lowest BCUT2D eigenvalue weighted by molar-refractivity contribution is 0.0642. The lowest BCUT2D eigenvalue weighted by atomic mass is 9.52. The number of rotatable bonds is 6. The van der Waals surface area contributed by atoms with E-state index >= 15 is 0 Å². The van der Waals surface area contributed by atoms with E-state index in [1.54, 1.807) is 26.0 Å². The summed E-state index contributed by atoms with van der Waals surface area (Å²) >= 11 is 1.80. The smallest absolute Gasteiger partial charge is 0.210 e. The van der Waals surface area contributed by atoms with Crippen molar-refractivity contribution in [3.8, 4) is 34.1 Å². The quantitative estimate of drug-likeness (QED) is 0.167. The van der Waals surface area contributed by atoms with E-state index in [0.29, 0.717) is 0 Å². The van der Waals surface area contributed by atoms with Crippen molar-refractivity contribution in [3.63, 3.8) is 0 Å². The molecule has 4 aliphatic rings. The minimum absolute atomic E-state index is 0.111. The topological polar surface area (TPSA) is 36.9 Å². The monoisotopic (exact) mass is 818 g/mol. The van der Waals surface area contributed by atoms with E-state index in [4.69, 9.17) is 18.9 Å². The molecule has 0 saturated heterocycles. The van der Waals surface area contributed by atoms with Crippen LogP contribution in [0.25, 0.3) is 28.0 Å². The lowest BCUT2D eigenvalue weighted by Crippen LogP contribution is -2.44. The molecule has 0 N–H and O–H groups in total. The second kappa shape index (κ2) is 13.5. The van der Waals surface area contributed by atoms with Crippen LogP contribution < -0.4 is 18.9 Å². The molecule has 0 amide bonds. The van der Waals surface area contributed by atoms with Gasteiger partial charge in [-0.3, -0.25) is 0 Å². The largest absolute Gasteiger partial charge is 0.497 e. The Labute approximate surface area is 363 Å². The first-order valence-corrected chi connectivity index (χ1v) is 22.2. The maximum Gasteiger partial charge on any atom is 0.210 e. The molecule has 2 aliphatic carbocycles. The average Bonchev–Trinajstić information content (AvgIpc) is 3.79. The Morgan fingerprint density at radius 2 is 1.11 bits per heavy atom. The van der Waals surface area contributed by atoms with E-state index in [9.17, 15) is 0 Å². The molecule has 2 aliphatic heterocycles. The third-order valence-corrected chi connectivity index (χ3v) is 15.1. The number of benzene rings is 7. The standard InChI is InChI=1S/C56H50O4S/c1-52(2)33-53(3,4)35-54(34-52)46-20-14-13-19-42(46)49-44-32-48-47(59-56(61-48,38-15-9-7-10-16-38)39-17-11-8-12-18-39)31-45(44)51-43(50(49)54)29-30-55(60-51,36-21-25-40(57-5)26-22-36)37-23-27-41(58-6)28-24-37/h7-32H,33-35H2,1-6H3. The van der Waals surface area contributed by atoms with Crippen LogP contribution in [-0.4, -0.2) is 14.2 Å². The molecule has 0 atom stereocenters. The fourth-order valence-electron chi connectivity index (χ4n) is 12.0. The zero-order valence-electron chi connectivity index (χ0n) is 35.7. The molecule has 11 rings (SSSR count). The first-order chi connectivity index (χ1) is 29.5. The van der Waals surface area contributed by atoms with Gasteiger partial charge in [0, 0.05) is 38.6 Å². The minimum Gasteiger partial charge on any atom is -0.497 e. The molecule has 0 bridgehead atoms. The second-order valence-electron chi connectivity index (χ2n) is 19.0. The predicted molar refractivity (Wildman–Crippen MR) is 248 cm³/mol. The molecule has 1 saturated carbocycles. The Balaban J connectivity index is 1.22. The highest BCUT2D eigenvalue weighted by molar-refractivity contribution is 8.00. The first-order valence-electron chi connectivity index (χ1n) is 21.4. The maximum atomic E-state index is 7.86. The number of thioether (sulfide) groups is 1. The molecule has 7 aromatic rings. The van der Waals surface area contributed by atoms with Crippen LogP contribution in [0.1, 0.15) is 85.9 Å². The van der Waals surface area contributed by atoms with E-state index < -0.39 is 10.5 Å². The summed E-state index contributed by atoms with van der Waals surface area (Å²) in [6.07, 6.45) is 7.94. The highest BCUT2D eigenvalue weighted by Crippen LogP contribution is 2.68. The van der Waals surface area contributed by atoms with Gasteiger partial charge in [0.1, 0.15) is 23.0 Å². The summed E-state index contributed by atoms with van der Waals surface area (Å²) < 4.78 is 26.5. The summed E-state index contributed by atoms with van der Waals surface area (Å²) in [6, 6.07) is 51.9. The van der Waals surface area contributed by atoms with Crippen molar-refractivity contribution < 1.29 is 18.9 Å². The zero-order chi connectivity index (χ0) is 41.8. The Morgan fingerprint density at radius 1 is 0.557 bits per heavy atom. The van der Waals surface area contributed by atoms with Crippen LogP contribution in [0.15, 0.2) is 157 Å². The average molecular weight is 819 g/mol. The van der Waals surface area contributed by atoms with Gasteiger partial charge in [0.25, 0.3) is 0 Å². The van der Waals surface area contributed by atoms with Crippen molar-refractivity contribution in [1.82, 2.24) is 0 Å². The van der Waals surface area contributed by atoms with Gasteiger partial charge >= 0.3 is 0 Å². The van der Waals surface area contributed by atoms with Crippen LogP contribution in [0.5, 0.6) is 23.0 Å². The van der Waals surface area contributed by atoms with Gasteiger partial charge in [0.15, 0.2) is 5.60 Å². The fraction of sp³-hybridized carbons (Fsp3) is 0.250. The molecular weight excluding hydrogens is 769 g/mol. The number of methoxy groups -OCH3 is 2. The first kappa shape index (κ1) is 38.0. The van der Waals surface area contributed by atoms with Gasteiger partial charge in [-0.15, -0.1) is 0 Å². The molecule has 0 unspecified atom stereocenters. The predicted octanol–water partition coefficient (Wildman–Crippen LogP) is 14.1. The lowest BCUT2D eigenvalue weighted by Gasteiger charge is -2.52. The zero-order valence-corrected chi connectivity index (χ0v) is 36.5. The van der Waals surface area contributed by atoms with Crippen molar-refractivity contribution >= 4 is 28.6 Å². The molecule has 0 aromatic heterocycles. The summed E-state index contributed by atoms with van der Waals surface area (Å²) in [5, 5.41) is 2.24. The van der Waals surface area contributed by atoms with Gasteiger partial charge < -0.3 is 18.9 Å². The SMILES string of the molecule is COc1ccc(C2(c3ccc(OC)cc3)C=Cc3c4c(c5cc6c(cc5c3O2)OC(c2ccccc2)(c2ccccc2)S6)-c2ccccc2C42CC(C)(C)CC(C)(C)C2)cc1. The molecule has 61 heavy (non-hydrogen) atoms. The third kappa shape index (κ3) is 5.73. The summed E-state index contributed by atoms with van der Waals surface area (Å²) in [5.41, 5.74) is 9.91. The van der Waals surface area contributed by atoms with E-state index in [0.717, 1.165) is 73.9 Å². The molecule has 0 radical (unpaired) electrons.